The summed E-state index contributed by atoms with van der Waals surface area (Å²) in [6, 6.07) is 14.8. The molecule has 0 spiro atoms. The van der Waals surface area contributed by atoms with E-state index in [0.29, 0.717) is 38.9 Å². The van der Waals surface area contributed by atoms with Gasteiger partial charge in [0.1, 0.15) is 5.76 Å². The first-order valence-electron chi connectivity index (χ1n) is 10.1. The molecule has 0 bridgehead atoms. The maximum Gasteiger partial charge on any atom is 0.255 e. The standard InChI is InChI=1S/C23H20N4O3S/c1-13-19(28)16-8-5-9-17(21(16)30-20(13)14-6-3-2-4-7-14)22(29)24-12-18-25-26-23(31)27(18)15-10-11-15/h2-9,15H,10-12H2,1H3,(H,24,29)(H,26,31). The van der Waals surface area contributed by atoms with Crippen LogP contribution in [-0.2, 0) is 6.54 Å². The van der Waals surface area contributed by atoms with Crippen molar-refractivity contribution in [2.75, 3.05) is 0 Å². The summed E-state index contributed by atoms with van der Waals surface area (Å²) in [6.45, 7) is 1.96. The average molecular weight is 433 g/mol. The highest BCUT2D eigenvalue weighted by molar-refractivity contribution is 7.71. The van der Waals surface area contributed by atoms with Gasteiger partial charge in [0.2, 0.25) is 0 Å². The van der Waals surface area contributed by atoms with Crippen molar-refractivity contribution in [2.24, 2.45) is 0 Å². The molecule has 2 aromatic heterocycles. The van der Waals surface area contributed by atoms with Crippen LogP contribution in [0.1, 0.15) is 40.6 Å². The smallest absolute Gasteiger partial charge is 0.255 e. The molecule has 0 aliphatic heterocycles. The molecule has 1 aliphatic rings. The van der Waals surface area contributed by atoms with E-state index in [1.807, 2.05) is 34.9 Å². The maximum atomic E-state index is 13.0. The zero-order valence-electron chi connectivity index (χ0n) is 16.8. The van der Waals surface area contributed by atoms with Gasteiger partial charge in [0.05, 0.1) is 17.5 Å². The van der Waals surface area contributed by atoms with Gasteiger partial charge < -0.3 is 9.73 Å². The molecule has 0 unspecified atom stereocenters. The average Bonchev–Trinajstić information content (AvgIpc) is 3.56. The summed E-state index contributed by atoms with van der Waals surface area (Å²) in [5, 5.41) is 10.3. The number of aromatic amines is 1. The largest absolute Gasteiger partial charge is 0.455 e. The van der Waals surface area contributed by atoms with E-state index in [1.165, 1.54) is 0 Å². The fraction of sp³-hybridized carbons (Fsp3) is 0.217. The fourth-order valence-electron chi connectivity index (χ4n) is 3.78. The SMILES string of the molecule is Cc1c(-c2ccccc2)oc2c(C(=O)NCc3n[nH]c(=S)n3C3CC3)cccc2c1=O. The normalized spacial score (nSPS) is 13.5. The maximum absolute atomic E-state index is 13.0. The van der Waals surface area contributed by atoms with Gasteiger partial charge >= 0.3 is 0 Å². The van der Waals surface area contributed by atoms with Gasteiger partial charge in [-0.15, -0.1) is 0 Å². The van der Waals surface area contributed by atoms with Crippen molar-refractivity contribution in [3.05, 3.63) is 80.5 Å². The third-order valence-corrected chi connectivity index (χ3v) is 5.81. The molecule has 1 fully saturated rings. The fourth-order valence-corrected chi connectivity index (χ4v) is 4.08. The number of nitrogens with one attached hydrogen (secondary N) is 2. The molecular formula is C23H20N4O3S. The van der Waals surface area contributed by atoms with E-state index in [-0.39, 0.29) is 23.5 Å². The summed E-state index contributed by atoms with van der Waals surface area (Å²) in [6.07, 6.45) is 2.12. The predicted molar refractivity (Wildman–Crippen MR) is 120 cm³/mol. The molecule has 0 radical (unpaired) electrons. The number of H-pyrrole nitrogens is 1. The zero-order chi connectivity index (χ0) is 21.5. The summed E-state index contributed by atoms with van der Waals surface area (Å²) >= 11 is 5.30. The van der Waals surface area contributed by atoms with Gasteiger partial charge in [0.25, 0.3) is 5.91 Å². The van der Waals surface area contributed by atoms with Gasteiger partial charge in [0, 0.05) is 17.2 Å². The Labute approximate surface area is 182 Å². The Balaban J connectivity index is 1.52. The van der Waals surface area contributed by atoms with Gasteiger partial charge in [0.15, 0.2) is 21.6 Å². The van der Waals surface area contributed by atoms with Crippen LogP contribution < -0.4 is 10.7 Å². The lowest BCUT2D eigenvalue weighted by Crippen LogP contribution is -2.25. The van der Waals surface area contributed by atoms with E-state index in [4.69, 9.17) is 16.6 Å². The second-order valence-corrected chi connectivity index (χ2v) is 8.05. The molecule has 2 heterocycles. The number of benzene rings is 2. The molecule has 1 amide bonds. The van der Waals surface area contributed by atoms with Crippen LogP contribution >= 0.6 is 12.2 Å². The molecule has 2 N–H and O–H groups in total. The Hall–Kier alpha value is -3.52. The van der Waals surface area contributed by atoms with E-state index in [2.05, 4.69) is 15.5 Å². The first-order chi connectivity index (χ1) is 15.0. The summed E-state index contributed by atoms with van der Waals surface area (Å²) in [5.74, 6) is 0.809. The van der Waals surface area contributed by atoms with E-state index < -0.39 is 0 Å². The Morgan fingerprint density at radius 2 is 2.00 bits per heavy atom. The number of hydrogen-bond donors (Lipinski definition) is 2. The van der Waals surface area contributed by atoms with Gasteiger partial charge in [-0.1, -0.05) is 36.4 Å². The van der Waals surface area contributed by atoms with Crippen LogP contribution in [0.25, 0.3) is 22.3 Å². The minimum atomic E-state index is -0.340. The number of aromatic nitrogens is 3. The molecule has 31 heavy (non-hydrogen) atoms. The topological polar surface area (TPSA) is 92.9 Å². The summed E-state index contributed by atoms with van der Waals surface area (Å²) < 4.78 is 8.65. The van der Waals surface area contributed by atoms with Crippen molar-refractivity contribution >= 4 is 29.1 Å². The lowest BCUT2D eigenvalue weighted by Gasteiger charge is -2.11. The number of hydrogen-bond acceptors (Lipinski definition) is 5. The summed E-state index contributed by atoms with van der Waals surface area (Å²) in [7, 11) is 0. The molecule has 1 saturated carbocycles. The number of fused-ring (bicyclic) bond motifs is 1. The molecule has 0 saturated heterocycles. The lowest BCUT2D eigenvalue weighted by molar-refractivity contribution is 0.0950. The molecule has 4 aromatic rings. The highest BCUT2D eigenvalue weighted by atomic mass is 32.1. The molecule has 1 aliphatic carbocycles. The highest BCUT2D eigenvalue weighted by Crippen LogP contribution is 2.35. The van der Waals surface area contributed by atoms with E-state index in [0.717, 1.165) is 18.4 Å². The van der Waals surface area contributed by atoms with Crippen molar-refractivity contribution in [3.63, 3.8) is 0 Å². The monoisotopic (exact) mass is 432 g/mol. The van der Waals surface area contributed by atoms with Crippen molar-refractivity contribution in [1.29, 1.82) is 0 Å². The number of amides is 1. The Morgan fingerprint density at radius 3 is 2.74 bits per heavy atom. The van der Waals surface area contributed by atoms with Gasteiger partial charge in [-0.05, 0) is 44.1 Å². The molecule has 0 atom stereocenters. The predicted octanol–water partition coefficient (Wildman–Crippen LogP) is 4.29. The second kappa shape index (κ2) is 7.63. The molecular weight excluding hydrogens is 412 g/mol. The quantitative estimate of drug-likeness (QED) is 0.459. The van der Waals surface area contributed by atoms with Crippen LogP contribution in [0.15, 0.2) is 57.7 Å². The van der Waals surface area contributed by atoms with Crippen molar-refractivity contribution in [3.8, 4) is 11.3 Å². The molecule has 8 heteroatoms. The molecule has 7 nitrogen and oxygen atoms in total. The first kappa shape index (κ1) is 19.4. The summed E-state index contributed by atoms with van der Waals surface area (Å²) in [4.78, 5) is 26.0. The highest BCUT2D eigenvalue weighted by Gasteiger charge is 2.27. The zero-order valence-corrected chi connectivity index (χ0v) is 17.7. The molecule has 2 aromatic carbocycles. The van der Waals surface area contributed by atoms with E-state index in [9.17, 15) is 9.59 Å². The van der Waals surface area contributed by atoms with Crippen LogP contribution in [0.4, 0.5) is 0 Å². The van der Waals surface area contributed by atoms with Gasteiger partial charge in [-0.3, -0.25) is 19.3 Å². The second-order valence-electron chi connectivity index (χ2n) is 7.66. The van der Waals surface area contributed by atoms with Gasteiger partial charge in [-0.2, -0.15) is 5.10 Å². The number of carbonyl (C=O) groups excluding carboxylic acids is 1. The Morgan fingerprint density at radius 1 is 1.23 bits per heavy atom. The third kappa shape index (κ3) is 3.48. The number of para-hydroxylation sites is 1. The molecule has 156 valence electrons. The number of rotatable bonds is 5. The van der Waals surface area contributed by atoms with E-state index in [1.54, 1.807) is 25.1 Å². The first-order valence-corrected chi connectivity index (χ1v) is 10.5. The summed E-state index contributed by atoms with van der Waals surface area (Å²) in [5.41, 5.74) is 1.73. The minimum absolute atomic E-state index is 0.149. The Bertz CT molecular complexity index is 1410. The Kier molecular flexibility index (Phi) is 4.78. The minimum Gasteiger partial charge on any atom is -0.455 e. The van der Waals surface area contributed by atoms with Crippen LogP contribution in [0, 0.1) is 11.7 Å². The van der Waals surface area contributed by atoms with Crippen molar-refractivity contribution in [1.82, 2.24) is 20.1 Å². The van der Waals surface area contributed by atoms with Crippen LogP contribution in [0.2, 0.25) is 0 Å². The van der Waals surface area contributed by atoms with E-state index >= 15 is 0 Å². The van der Waals surface area contributed by atoms with Crippen LogP contribution in [0.5, 0.6) is 0 Å². The van der Waals surface area contributed by atoms with Crippen molar-refractivity contribution < 1.29 is 9.21 Å². The lowest BCUT2D eigenvalue weighted by atomic mass is 10.0. The van der Waals surface area contributed by atoms with Crippen LogP contribution in [-0.4, -0.2) is 20.7 Å². The third-order valence-electron chi connectivity index (χ3n) is 5.52. The number of nitrogens with zero attached hydrogens (tertiary/aromatic N) is 2. The molecule has 5 rings (SSSR count). The van der Waals surface area contributed by atoms with Gasteiger partial charge in [-0.25, -0.2) is 0 Å². The van der Waals surface area contributed by atoms with Crippen molar-refractivity contribution in [2.45, 2.75) is 32.4 Å². The number of carbonyl (C=O) groups is 1. The van der Waals surface area contributed by atoms with Crippen LogP contribution in [0.3, 0.4) is 0 Å².